The predicted molar refractivity (Wildman–Crippen MR) is 83.2 cm³/mol. The fourth-order valence-corrected chi connectivity index (χ4v) is 2.86. The molecule has 19 heavy (non-hydrogen) atoms. The molecule has 1 atom stereocenters. The van der Waals surface area contributed by atoms with Crippen LogP contribution in [0.2, 0.25) is 0 Å². The van der Waals surface area contributed by atoms with Crippen LogP contribution >= 0.6 is 15.9 Å². The van der Waals surface area contributed by atoms with Crippen LogP contribution in [0.15, 0.2) is 22.9 Å². The van der Waals surface area contributed by atoms with Crippen molar-refractivity contribution in [1.82, 2.24) is 15.2 Å². The molecule has 0 unspecified atom stereocenters. The number of nitrogens with zero attached hydrogens (tertiary/aromatic N) is 2. The minimum Gasteiger partial charge on any atom is -0.314 e. The number of nitrogens with one attached hydrogen (secondary N) is 1. The van der Waals surface area contributed by atoms with E-state index in [1.165, 1.54) is 18.4 Å². The maximum atomic E-state index is 4.40. The topological polar surface area (TPSA) is 28.2 Å². The molecule has 1 N–H and O–H groups in total. The molecule has 1 fully saturated rings. The van der Waals surface area contributed by atoms with Gasteiger partial charge in [-0.3, -0.25) is 4.90 Å². The van der Waals surface area contributed by atoms with E-state index in [-0.39, 0.29) is 0 Å². The van der Waals surface area contributed by atoms with E-state index >= 15 is 0 Å². The van der Waals surface area contributed by atoms with Crippen LogP contribution in [-0.2, 0) is 0 Å². The lowest BCUT2D eigenvalue weighted by Crippen LogP contribution is -2.45. The van der Waals surface area contributed by atoms with E-state index in [0.29, 0.717) is 6.04 Å². The van der Waals surface area contributed by atoms with Gasteiger partial charge in [0.05, 0.1) is 0 Å². The summed E-state index contributed by atoms with van der Waals surface area (Å²) in [6.07, 6.45) is 4.52. The van der Waals surface area contributed by atoms with Gasteiger partial charge in [0.25, 0.3) is 0 Å². The van der Waals surface area contributed by atoms with E-state index in [1.54, 1.807) is 0 Å². The van der Waals surface area contributed by atoms with Crippen molar-refractivity contribution in [2.75, 3.05) is 26.2 Å². The molecule has 0 bridgehead atoms. The third kappa shape index (κ3) is 4.55. The molecule has 0 aliphatic carbocycles. The molecule has 1 aromatic rings. The Morgan fingerprint density at radius 3 is 2.58 bits per heavy atom. The predicted octanol–water partition coefficient (Wildman–Crippen LogP) is 3.23. The summed E-state index contributed by atoms with van der Waals surface area (Å²) in [4.78, 5) is 7.00. The van der Waals surface area contributed by atoms with Gasteiger partial charge in [0, 0.05) is 38.4 Å². The molecule has 0 saturated carbocycles. The number of hydrogen-bond donors (Lipinski definition) is 1. The average Bonchev–Trinajstić information content (AvgIpc) is 2.42. The summed E-state index contributed by atoms with van der Waals surface area (Å²) in [6, 6.07) is 4.79. The van der Waals surface area contributed by atoms with Gasteiger partial charge in [0.2, 0.25) is 0 Å². The molecule has 2 rings (SSSR count). The highest BCUT2D eigenvalue weighted by Crippen LogP contribution is 2.27. The zero-order valence-electron chi connectivity index (χ0n) is 11.9. The third-order valence-corrected chi connectivity index (χ3v) is 4.21. The fraction of sp³-hybridized carbons (Fsp3) is 0.667. The Kier molecular flexibility index (Phi) is 5.79. The van der Waals surface area contributed by atoms with E-state index in [4.69, 9.17) is 0 Å². The van der Waals surface area contributed by atoms with Crippen molar-refractivity contribution >= 4 is 15.9 Å². The van der Waals surface area contributed by atoms with E-state index in [9.17, 15) is 0 Å². The van der Waals surface area contributed by atoms with Gasteiger partial charge in [-0.15, -0.1) is 0 Å². The molecule has 1 aliphatic heterocycles. The number of piperazine rings is 1. The Balaban J connectivity index is 2.10. The zero-order valence-corrected chi connectivity index (χ0v) is 13.5. The van der Waals surface area contributed by atoms with Gasteiger partial charge < -0.3 is 5.32 Å². The van der Waals surface area contributed by atoms with E-state index in [2.05, 4.69) is 57.1 Å². The molecule has 0 aromatic carbocycles. The molecular formula is C15H24BrN3. The van der Waals surface area contributed by atoms with Gasteiger partial charge in [-0.25, -0.2) is 4.98 Å². The van der Waals surface area contributed by atoms with Crippen LogP contribution in [0, 0.1) is 5.92 Å². The van der Waals surface area contributed by atoms with Gasteiger partial charge in [-0.1, -0.05) is 19.9 Å². The molecule has 1 saturated heterocycles. The van der Waals surface area contributed by atoms with Crippen molar-refractivity contribution in [1.29, 1.82) is 0 Å². The Labute approximate surface area is 124 Å². The summed E-state index contributed by atoms with van der Waals surface area (Å²) in [5, 5.41) is 3.43. The van der Waals surface area contributed by atoms with Crippen molar-refractivity contribution in [3.8, 4) is 0 Å². The normalized spacial score (nSPS) is 18.7. The smallest absolute Gasteiger partial charge is 0.106 e. The average molecular weight is 326 g/mol. The van der Waals surface area contributed by atoms with Crippen molar-refractivity contribution < 1.29 is 0 Å². The van der Waals surface area contributed by atoms with Gasteiger partial charge in [-0.05, 0) is 46.3 Å². The lowest BCUT2D eigenvalue weighted by atomic mass is 9.97. The standard InChI is InChI=1S/C15H24BrN3/c1-12(2)3-5-14(19-9-7-17-8-10-19)13-4-6-15(16)18-11-13/h4,6,11-12,14,17H,3,5,7-10H2,1-2H3/t14-/m1/s1. The van der Waals surface area contributed by atoms with Gasteiger partial charge in [-0.2, -0.15) is 0 Å². The minimum atomic E-state index is 0.519. The summed E-state index contributed by atoms with van der Waals surface area (Å²) in [6.45, 7) is 9.07. The van der Waals surface area contributed by atoms with E-state index in [1.807, 2.05) is 6.20 Å². The number of rotatable bonds is 5. The zero-order chi connectivity index (χ0) is 13.7. The van der Waals surface area contributed by atoms with E-state index < -0.39 is 0 Å². The van der Waals surface area contributed by atoms with Crippen molar-refractivity contribution in [2.45, 2.75) is 32.7 Å². The second kappa shape index (κ2) is 7.36. The quantitative estimate of drug-likeness (QED) is 0.842. The minimum absolute atomic E-state index is 0.519. The Hall–Kier alpha value is -0.450. The van der Waals surface area contributed by atoms with Crippen molar-refractivity contribution in [2.24, 2.45) is 5.92 Å². The first-order valence-electron chi connectivity index (χ1n) is 7.23. The number of aromatic nitrogens is 1. The number of pyridine rings is 1. The lowest BCUT2D eigenvalue weighted by Gasteiger charge is -2.35. The Morgan fingerprint density at radius 1 is 1.26 bits per heavy atom. The fourth-order valence-electron chi connectivity index (χ4n) is 2.63. The molecule has 1 aliphatic rings. The summed E-state index contributed by atoms with van der Waals surface area (Å²) < 4.78 is 0.916. The maximum absolute atomic E-state index is 4.40. The van der Waals surface area contributed by atoms with Crippen LogP contribution in [-0.4, -0.2) is 36.1 Å². The van der Waals surface area contributed by atoms with Crippen molar-refractivity contribution in [3.05, 3.63) is 28.5 Å². The highest BCUT2D eigenvalue weighted by Gasteiger charge is 2.22. The highest BCUT2D eigenvalue weighted by atomic mass is 79.9. The molecule has 4 heteroatoms. The van der Waals surface area contributed by atoms with Crippen LogP contribution in [0.4, 0.5) is 0 Å². The molecule has 0 spiro atoms. The summed E-state index contributed by atoms with van der Waals surface area (Å²) in [5.74, 6) is 0.758. The SMILES string of the molecule is CC(C)CC[C@H](c1ccc(Br)nc1)N1CCNCC1. The summed E-state index contributed by atoms with van der Waals surface area (Å²) >= 11 is 3.42. The van der Waals surface area contributed by atoms with Gasteiger partial charge in [0.1, 0.15) is 4.60 Å². The maximum Gasteiger partial charge on any atom is 0.106 e. The molecule has 106 valence electrons. The van der Waals surface area contributed by atoms with Crippen LogP contribution < -0.4 is 5.32 Å². The Bertz CT molecular complexity index is 371. The molecule has 1 aromatic heterocycles. The monoisotopic (exact) mass is 325 g/mol. The molecule has 2 heterocycles. The largest absolute Gasteiger partial charge is 0.314 e. The number of hydrogen-bond acceptors (Lipinski definition) is 3. The Morgan fingerprint density at radius 2 is 2.00 bits per heavy atom. The number of halogens is 1. The highest BCUT2D eigenvalue weighted by molar-refractivity contribution is 9.10. The van der Waals surface area contributed by atoms with Gasteiger partial charge >= 0.3 is 0 Å². The van der Waals surface area contributed by atoms with Crippen LogP contribution in [0.5, 0.6) is 0 Å². The van der Waals surface area contributed by atoms with Crippen molar-refractivity contribution in [3.63, 3.8) is 0 Å². The molecule has 3 nitrogen and oxygen atoms in total. The lowest BCUT2D eigenvalue weighted by molar-refractivity contribution is 0.159. The van der Waals surface area contributed by atoms with E-state index in [0.717, 1.165) is 36.7 Å². The van der Waals surface area contributed by atoms with Gasteiger partial charge in [0.15, 0.2) is 0 Å². The van der Waals surface area contributed by atoms with Crippen LogP contribution in [0.1, 0.15) is 38.3 Å². The first kappa shape index (κ1) is 14.9. The first-order valence-corrected chi connectivity index (χ1v) is 8.02. The third-order valence-electron chi connectivity index (χ3n) is 3.74. The molecule has 0 amide bonds. The molecule has 0 radical (unpaired) electrons. The van der Waals surface area contributed by atoms with Crippen LogP contribution in [0.3, 0.4) is 0 Å². The van der Waals surface area contributed by atoms with Crippen LogP contribution in [0.25, 0.3) is 0 Å². The summed E-state index contributed by atoms with van der Waals surface area (Å²) in [7, 11) is 0. The molecular weight excluding hydrogens is 302 g/mol. The first-order chi connectivity index (χ1) is 9.16. The second-order valence-corrected chi connectivity index (χ2v) is 6.50. The second-order valence-electron chi connectivity index (χ2n) is 5.69. The summed E-state index contributed by atoms with van der Waals surface area (Å²) in [5.41, 5.74) is 1.35.